The summed E-state index contributed by atoms with van der Waals surface area (Å²) in [5.74, 6) is -0.307. The van der Waals surface area contributed by atoms with E-state index >= 15 is 0 Å². The largest absolute Gasteiger partial charge is 0.472 e. The molecule has 0 radical (unpaired) electrons. The molecule has 1 aliphatic heterocycles. The van der Waals surface area contributed by atoms with Crippen molar-refractivity contribution in [3.63, 3.8) is 0 Å². The van der Waals surface area contributed by atoms with Gasteiger partial charge in [0.2, 0.25) is 15.9 Å². The molecule has 1 saturated heterocycles. The van der Waals surface area contributed by atoms with Crippen molar-refractivity contribution in [2.75, 3.05) is 18.0 Å². The highest BCUT2D eigenvalue weighted by atomic mass is 35.5. The first kappa shape index (κ1) is 22.8. The van der Waals surface area contributed by atoms with Crippen LogP contribution in [0.4, 0.5) is 10.1 Å². The molecule has 178 valence electrons. The van der Waals surface area contributed by atoms with Gasteiger partial charge in [-0.1, -0.05) is 23.7 Å². The van der Waals surface area contributed by atoms with Crippen LogP contribution in [0.15, 0.2) is 52.4 Å². The summed E-state index contributed by atoms with van der Waals surface area (Å²) in [7, 11) is -3.58. The van der Waals surface area contributed by atoms with Gasteiger partial charge >= 0.3 is 0 Å². The Balaban J connectivity index is 1.30. The summed E-state index contributed by atoms with van der Waals surface area (Å²) in [5.41, 5.74) is 0.816. The molecule has 1 aromatic carbocycles. The number of aromatic amines is 1. The minimum atomic E-state index is -3.58. The molecule has 0 amide bonds. The average Bonchev–Trinajstić information content (AvgIpc) is 3.50. The number of ether oxygens (including phenoxy) is 1. The van der Waals surface area contributed by atoms with Gasteiger partial charge in [0.05, 0.1) is 29.5 Å². The molecular weight excluding hydrogens is 485 g/mol. The van der Waals surface area contributed by atoms with Gasteiger partial charge in [0, 0.05) is 30.6 Å². The van der Waals surface area contributed by atoms with Crippen LogP contribution in [0, 0.1) is 5.82 Å². The number of hydrogen-bond donors (Lipinski definition) is 2. The standard InChI is InChI=1S/C22H21ClFN5O4S/c23-21-19(11-26-27-22(21)30)29-8-7-15(12-29)33-20-9-17(18(24)10-25-20)13-1-5-16(6-2-13)34(31,32)28-14-3-4-14/h1-2,5-6,9-11,14-15,28H,3-4,7-8,12H2,(H,27,30)/t15-/m1/s1. The monoisotopic (exact) mass is 505 g/mol. The second-order valence-electron chi connectivity index (χ2n) is 8.30. The van der Waals surface area contributed by atoms with E-state index < -0.39 is 21.4 Å². The van der Waals surface area contributed by atoms with Gasteiger partial charge in [-0.15, -0.1) is 0 Å². The SMILES string of the molecule is O=c1[nH]ncc(N2CC[C@@H](Oc3cc(-c4ccc(S(=O)(=O)NC5CC5)cc4)c(F)cn3)C2)c1Cl. The molecular formula is C22H21ClFN5O4S. The Hall–Kier alpha value is -3.02. The smallest absolute Gasteiger partial charge is 0.285 e. The summed E-state index contributed by atoms with van der Waals surface area (Å²) >= 11 is 6.09. The van der Waals surface area contributed by atoms with Crippen molar-refractivity contribution in [2.45, 2.75) is 36.3 Å². The Kier molecular flexibility index (Phi) is 6.00. The maximum Gasteiger partial charge on any atom is 0.285 e. The number of rotatable bonds is 7. The Labute approximate surface area is 200 Å². The fourth-order valence-electron chi connectivity index (χ4n) is 3.82. The van der Waals surface area contributed by atoms with E-state index in [-0.39, 0.29) is 33.5 Å². The fraction of sp³-hybridized carbons (Fsp3) is 0.318. The van der Waals surface area contributed by atoms with Crippen molar-refractivity contribution in [2.24, 2.45) is 0 Å². The van der Waals surface area contributed by atoms with E-state index in [1.54, 1.807) is 12.1 Å². The maximum atomic E-state index is 14.5. The fourth-order valence-corrected chi connectivity index (χ4v) is 5.33. The third-order valence-electron chi connectivity index (χ3n) is 5.76. The summed E-state index contributed by atoms with van der Waals surface area (Å²) in [4.78, 5) is 17.8. The number of benzene rings is 1. The number of anilines is 1. The van der Waals surface area contributed by atoms with E-state index in [1.807, 2.05) is 4.90 Å². The highest BCUT2D eigenvalue weighted by Crippen LogP contribution is 2.30. The van der Waals surface area contributed by atoms with Crippen molar-refractivity contribution in [3.8, 4) is 17.0 Å². The zero-order valence-corrected chi connectivity index (χ0v) is 19.4. The first-order valence-corrected chi connectivity index (χ1v) is 12.6. The lowest BCUT2D eigenvalue weighted by Crippen LogP contribution is -2.26. The zero-order valence-electron chi connectivity index (χ0n) is 17.9. The molecule has 3 aromatic rings. The number of sulfonamides is 1. The van der Waals surface area contributed by atoms with Gasteiger partial charge < -0.3 is 9.64 Å². The molecule has 1 atom stereocenters. The normalized spacial score (nSPS) is 18.3. The molecule has 2 aromatic heterocycles. The van der Waals surface area contributed by atoms with E-state index in [1.165, 1.54) is 24.4 Å². The molecule has 3 heterocycles. The minimum Gasteiger partial charge on any atom is -0.472 e. The predicted octanol–water partition coefficient (Wildman–Crippen LogP) is 2.72. The van der Waals surface area contributed by atoms with E-state index in [2.05, 4.69) is 19.9 Å². The van der Waals surface area contributed by atoms with Crippen LogP contribution in [0.5, 0.6) is 5.88 Å². The number of aromatic nitrogens is 3. The summed E-state index contributed by atoms with van der Waals surface area (Å²) in [6, 6.07) is 7.52. The van der Waals surface area contributed by atoms with E-state index in [0.717, 1.165) is 19.0 Å². The van der Waals surface area contributed by atoms with Crippen LogP contribution in [-0.4, -0.2) is 48.8 Å². The zero-order chi connectivity index (χ0) is 23.9. The number of hydrogen-bond acceptors (Lipinski definition) is 7. The number of halogens is 2. The van der Waals surface area contributed by atoms with Gasteiger partial charge in [-0.3, -0.25) is 4.79 Å². The van der Waals surface area contributed by atoms with E-state index in [0.29, 0.717) is 30.8 Å². The van der Waals surface area contributed by atoms with Crippen LogP contribution in [0.3, 0.4) is 0 Å². The van der Waals surface area contributed by atoms with Gasteiger partial charge in [0.25, 0.3) is 5.56 Å². The molecule has 0 unspecified atom stereocenters. The average molecular weight is 506 g/mol. The molecule has 12 heteroatoms. The molecule has 0 spiro atoms. The molecule has 2 N–H and O–H groups in total. The summed E-state index contributed by atoms with van der Waals surface area (Å²) in [5, 5.41) is 6.14. The molecule has 0 bridgehead atoms. The first-order valence-electron chi connectivity index (χ1n) is 10.7. The van der Waals surface area contributed by atoms with Crippen LogP contribution >= 0.6 is 11.6 Å². The van der Waals surface area contributed by atoms with E-state index in [4.69, 9.17) is 16.3 Å². The molecule has 5 rings (SSSR count). The lowest BCUT2D eigenvalue weighted by molar-refractivity contribution is 0.215. The molecule has 34 heavy (non-hydrogen) atoms. The summed E-state index contributed by atoms with van der Waals surface area (Å²) in [6.07, 6.45) is 4.65. The second-order valence-corrected chi connectivity index (χ2v) is 10.4. The van der Waals surface area contributed by atoms with Crippen molar-refractivity contribution >= 4 is 27.3 Å². The molecule has 1 aliphatic carbocycles. The third-order valence-corrected chi connectivity index (χ3v) is 7.66. The van der Waals surface area contributed by atoms with Gasteiger partial charge in [0.1, 0.15) is 16.9 Å². The lowest BCUT2D eigenvalue weighted by atomic mass is 10.1. The third kappa shape index (κ3) is 4.77. The maximum absolute atomic E-state index is 14.5. The van der Waals surface area contributed by atoms with Gasteiger partial charge in [-0.25, -0.2) is 27.6 Å². The Bertz CT molecular complexity index is 1380. The number of pyridine rings is 1. The number of nitrogens with one attached hydrogen (secondary N) is 2. The highest BCUT2D eigenvalue weighted by Gasteiger charge is 2.29. The Morgan fingerprint density at radius 1 is 1.18 bits per heavy atom. The minimum absolute atomic E-state index is 0.00315. The highest BCUT2D eigenvalue weighted by molar-refractivity contribution is 7.89. The van der Waals surface area contributed by atoms with E-state index in [9.17, 15) is 17.6 Å². The molecule has 2 fully saturated rings. The number of nitrogens with zero attached hydrogens (tertiary/aromatic N) is 3. The molecule has 1 saturated carbocycles. The Morgan fingerprint density at radius 3 is 2.68 bits per heavy atom. The quantitative estimate of drug-likeness (QED) is 0.507. The van der Waals surface area contributed by atoms with Crippen LogP contribution in [0.1, 0.15) is 19.3 Å². The van der Waals surface area contributed by atoms with Crippen molar-refractivity contribution < 1.29 is 17.5 Å². The first-order chi connectivity index (χ1) is 16.3. The van der Waals surface area contributed by atoms with Crippen LogP contribution < -0.4 is 19.9 Å². The summed E-state index contributed by atoms with van der Waals surface area (Å²) in [6.45, 7) is 1.06. The lowest BCUT2D eigenvalue weighted by Gasteiger charge is -2.19. The topological polar surface area (TPSA) is 117 Å². The van der Waals surface area contributed by atoms with Gasteiger partial charge in [0.15, 0.2) is 0 Å². The summed E-state index contributed by atoms with van der Waals surface area (Å²) < 4.78 is 47.9. The van der Waals surface area contributed by atoms with Crippen LogP contribution in [0.25, 0.3) is 11.1 Å². The molecule has 9 nitrogen and oxygen atoms in total. The second kappa shape index (κ2) is 8.97. The van der Waals surface area contributed by atoms with Crippen molar-refractivity contribution in [1.82, 2.24) is 19.9 Å². The Morgan fingerprint density at radius 2 is 1.94 bits per heavy atom. The molecule has 2 aliphatic rings. The predicted molar refractivity (Wildman–Crippen MR) is 124 cm³/mol. The van der Waals surface area contributed by atoms with Crippen LogP contribution in [0.2, 0.25) is 5.02 Å². The van der Waals surface area contributed by atoms with Crippen molar-refractivity contribution in [1.29, 1.82) is 0 Å². The van der Waals surface area contributed by atoms with Gasteiger partial charge in [-0.2, -0.15) is 5.10 Å². The van der Waals surface area contributed by atoms with Crippen LogP contribution in [-0.2, 0) is 10.0 Å². The number of H-pyrrole nitrogens is 1. The van der Waals surface area contributed by atoms with Crippen molar-refractivity contribution in [3.05, 3.63) is 63.9 Å². The van der Waals surface area contributed by atoms with Gasteiger partial charge in [-0.05, 0) is 30.5 Å².